The van der Waals surface area contributed by atoms with Gasteiger partial charge in [0.15, 0.2) is 0 Å². The van der Waals surface area contributed by atoms with Crippen LogP contribution >= 0.6 is 11.3 Å². The third-order valence-electron chi connectivity index (χ3n) is 4.68. The highest BCUT2D eigenvalue weighted by Gasteiger charge is 2.20. The fourth-order valence-electron chi connectivity index (χ4n) is 3.16. The molecule has 0 aliphatic rings. The van der Waals surface area contributed by atoms with Crippen LogP contribution in [0.15, 0.2) is 78.4 Å². The van der Waals surface area contributed by atoms with Crippen LogP contribution in [0.2, 0.25) is 0 Å². The minimum absolute atomic E-state index is 0.0785. The topological polar surface area (TPSA) is 38.1 Å². The van der Waals surface area contributed by atoms with E-state index in [1.54, 1.807) is 10.9 Å². The maximum absolute atomic E-state index is 14.4. The Hall–Kier alpha value is -3.32. The second-order valence-electron chi connectivity index (χ2n) is 6.78. The van der Waals surface area contributed by atoms with Crippen LogP contribution in [0.5, 0.6) is 0 Å². The molecule has 0 spiro atoms. The Kier molecular flexibility index (Phi) is 5.99. The van der Waals surface area contributed by atoms with E-state index in [-0.39, 0.29) is 24.6 Å². The van der Waals surface area contributed by atoms with Gasteiger partial charge in [0, 0.05) is 23.6 Å². The van der Waals surface area contributed by atoms with Crippen LogP contribution in [-0.4, -0.2) is 15.7 Å². The lowest BCUT2D eigenvalue weighted by Gasteiger charge is -2.23. The molecular formula is C23H19F2N3OS. The van der Waals surface area contributed by atoms with Crippen LogP contribution in [-0.2, 0) is 17.8 Å². The lowest BCUT2D eigenvalue weighted by atomic mass is 10.1. The number of thiophene rings is 1. The molecule has 2 aromatic carbocycles. The second kappa shape index (κ2) is 9.00. The monoisotopic (exact) mass is 423 g/mol. The number of para-hydroxylation sites is 1. The van der Waals surface area contributed by atoms with Crippen molar-refractivity contribution in [2.75, 3.05) is 4.90 Å². The maximum Gasteiger partial charge on any atom is 0.227 e. The summed E-state index contributed by atoms with van der Waals surface area (Å²) >= 11 is 1.48. The Bertz CT molecular complexity index is 1130. The highest BCUT2D eigenvalue weighted by molar-refractivity contribution is 7.09. The summed E-state index contributed by atoms with van der Waals surface area (Å²) in [6.07, 6.45) is 4.26. The van der Waals surface area contributed by atoms with Gasteiger partial charge >= 0.3 is 0 Å². The number of hydrogen-bond acceptors (Lipinski definition) is 3. The van der Waals surface area contributed by atoms with Crippen LogP contribution < -0.4 is 4.90 Å². The van der Waals surface area contributed by atoms with Gasteiger partial charge in [-0.15, -0.1) is 11.3 Å². The summed E-state index contributed by atoms with van der Waals surface area (Å²) in [7, 11) is 0. The number of amides is 1. The van der Waals surface area contributed by atoms with Crippen LogP contribution in [0.1, 0.15) is 16.9 Å². The molecule has 0 aliphatic carbocycles. The normalized spacial score (nSPS) is 10.9. The van der Waals surface area contributed by atoms with Crippen molar-refractivity contribution in [1.82, 2.24) is 9.78 Å². The molecule has 1 amide bonds. The van der Waals surface area contributed by atoms with Crippen molar-refractivity contribution < 1.29 is 13.6 Å². The Morgan fingerprint density at radius 1 is 1.07 bits per heavy atom. The second-order valence-corrected chi connectivity index (χ2v) is 7.82. The van der Waals surface area contributed by atoms with E-state index < -0.39 is 11.6 Å². The lowest BCUT2D eigenvalue weighted by Crippen LogP contribution is -2.31. The van der Waals surface area contributed by atoms with E-state index in [0.717, 1.165) is 28.3 Å². The van der Waals surface area contributed by atoms with Crippen molar-refractivity contribution in [2.24, 2.45) is 0 Å². The molecule has 30 heavy (non-hydrogen) atoms. The average Bonchev–Trinajstić information content (AvgIpc) is 3.43. The number of carbonyl (C=O) groups excluding carboxylic acids is 1. The zero-order chi connectivity index (χ0) is 20.9. The molecule has 0 fully saturated rings. The zero-order valence-corrected chi connectivity index (χ0v) is 16.9. The number of anilines is 1. The molecule has 2 aromatic heterocycles. The first kappa shape index (κ1) is 20.0. The van der Waals surface area contributed by atoms with Crippen LogP contribution in [0.25, 0.3) is 5.69 Å². The van der Waals surface area contributed by atoms with E-state index in [2.05, 4.69) is 5.10 Å². The van der Waals surface area contributed by atoms with Gasteiger partial charge in [0.2, 0.25) is 5.91 Å². The fourth-order valence-corrected chi connectivity index (χ4v) is 3.86. The molecule has 0 saturated carbocycles. The first-order valence-electron chi connectivity index (χ1n) is 9.47. The number of rotatable bonds is 7. The van der Waals surface area contributed by atoms with Gasteiger partial charge in [-0.25, -0.2) is 13.5 Å². The number of benzene rings is 2. The summed E-state index contributed by atoms with van der Waals surface area (Å²) in [6.45, 7) is 0.238. The van der Waals surface area contributed by atoms with Crippen molar-refractivity contribution in [3.8, 4) is 5.69 Å². The minimum Gasteiger partial charge on any atom is -0.304 e. The van der Waals surface area contributed by atoms with Crippen molar-refractivity contribution in [2.45, 2.75) is 19.4 Å². The maximum atomic E-state index is 14.4. The zero-order valence-electron chi connectivity index (χ0n) is 16.0. The first-order chi connectivity index (χ1) is 14.6. The highest BCUT2D eigenvalue weighted by atomic mass is 32.1. The summed E-state index contributed by atoms with van der Waals surface area (Å²) in [5.41, 5.74) is 1.92. The molecule has 0 bridgehead atoms. The molecule has 0 saturated heterocycles. The van der Waals surface area contributed by atoms with Gasteiger partial charge in [-0.05, 0) is 47.7 Å². The van der Waals surface area contributed by atoms with Crippen molar-refractivity contribution >= 4 is 22.9 Å². The SMILES string of the molecule is O=C(CCc1cnn(-c2ccccc2)c1)N(Cc1cccs1)c1ccc(F)cc1F. The summed E-state index contributed by atoms with van der Waals surface area (Å²) < 4.78 is 29.5. The smallest absolute Gasteiger partial charge is 0.227 e. The van der Waals surface area contributed by atoms with Crippen molar-refractivity contribution in [1.29, 1.82) is 0 Å². The van der Waals surface area contributed by atoms with E-state index >= 15 is 0 Å². The molecule has 7 heteroatoms. The summed E-state index contributed by atoms with van der Waals surface area (Å²) in [5, 5.41) is 6.24. The number of nitrogens with zero attached hydrogens (tertiary/aromatic N) is 3. The molecular weight excluding hydrogens is 404 g/mol. The predicted octanol–water partition coefficient (Wildman–Crippen LogP) is 5.38. The molecule has 4 aromatic rings. The Balaban J connectivity index is 1.50. The minimum atomic E-state index is -0.753. The van der Waals surface area contributed by atoms with E-state index in [4.69, 9.17) is 0 Å². The van der Waals surface area contributed by atoms with Gasteiger partial charge in [0.1, 0.15) is 11.6 Å². The van der Waals surface area contributed by atoms with Crippen LogP contribution in [0.4, 0.5) is 14.5 Å². The van der Waals surface area contributed by atoms with Crippen LogP contribution in [0.3, 0.4) is 0 Å². The van der Waals surface area contributed by atoms with E-state index in [9.17, 15) is 13.6 Å². The number of aromatic nitrogens is 2. The average molecular weight is 423 g/mol. The third kappa shape index (κ3) is 4.63. The summed E-state index contributed by atoms with van der Waals surface area (Å²) in [5.74, 6) is -1.66. The number of halogens is 2. The Labute approximate surface area is 177 Å². The molecule has 0 radical (unpaired) electrons. The first-order valence-corrected chi connectivity index (χ1v) is 10.3. The standard InChI is InChI=1S/C23H19F2N3OS/c24-18-9-10-22(21(25)13-18)27(16-20-7-4-12-30-20)23(29)11-8-17-14-26-28(15-17)19-5-2-1-3-6-19/h1-7,9-10,12-15H,8,11,16H2. The highest BCUT2D eigenvalue weighted by Crippen LogP contribution is 2.25. The van der Waals surface area contributed by atoms with Crippen molar-refractivity contribution in [3.05, 3.63) is 101 Å². The lowest BCUT2D eigenvalue weighted by molar-refractivity contribution is -0.118. The van der Waals surface area contributed by atoms with Gasteiger partial charge in [-0.2, -0.15) is 5.10 Å². The van der Waals surface area contributed by atoms with Gasteiger partial charge in [0.05, 0.1) is 24.1 Å². The molecule has 4 nitrogen and oxygen atoms in total. The number of aryl methyl sites for hydroxylation is 1. The largest absolute Gasteiger partial charge is 0.304 e. The molecule has 0 unspecified atom stereocenters. The molecule has 2 heterocycles. The summed E-state index contributed by atoms with van der Waals surface area (Å²) in [6, 6.07) is 16.7. The number of hydrogen-bond donors (Lipinski definition) is 0. The van der Waals surface area contributed by atoms with Gasteiger partial charge < -0.3 is 4.90 Å². The molecule has 0 N–H and O–H groups in total. The van der Waals surface area contributed by atoms with Crippen molar-refractivity contribution in [3.63, 3.8) is 0 Å². The molecule has 4 rings (SSSR count). The fraction of sp³-hybridized carbons (Fsp3) is 0.130. The Morgan fingerprint density at radius 2 is 1.90 bits per heavy atom. The van der Waals surface area contributed by atoms with Gasteiger partial charge in [-0.1, -0.05) is 24.3 Å². The molecule has 152 valence electrons. The molecule has 0 aliphatic heterocycles. The van der Waals surface area contributed by atoms with E-state index in [1.807, 2.05) is 54.0 Å². The van der Waals surface area contributed by atoms with E-state index in [1.165, 1.54) is 22.3 Å². The van der Waals surface area contributed by atoms with E-state index in [0.29, 0.717) is 6.42 Å². The third-order valence-corrected chi connectivity index (χ3v) is 5.54. The number of carbonyl (C=O) groups is 1. The predicted molar refractivity (Wildman–Crippen MR) is 114 cm³/mol. The molecule has 0 atom stereocenters. The van der Waals surface area contributed by atoms with Gasteiger partial charge in [-0.3, -0.25) is 4.79 Å². The summed E-state index contributed by atoms with van der Waals surface area (Å²) in [4.78, 5) is 15.3. The van der Waals surface area contributed by atoms with Crippen LogP contribution in [0, 0.1) is 11.6 Å². The quantitative estimate of drug-likeness (QED) is 0.400. The van der Waals surface area contributed by atoms with Gasteiger partial charge in [0.25, 0.3) is 0 Å². The Morgan fingerprint density at radius 3 is 2.63 bits per heavy atom.